The maximum absolute atomic E-state index is 10.9. The zero-order valence-corrected chi connectivity index (χ0v) is 22.3. The molecule has 2 spiro atoms. The molecule has 0 aromatic heterocycles. The van der Waals surface area contributed by atoms with E-state index in [0.717, 1.165) is 36.7 Å². The number of rotatable bonds is 6. The van der Waals surface area contributed by atoms with Gasteiger partial charge in [-0.1, -0.05) is 41.2 Å². The molecule has 2 N–H and O–H groups in total. The van der Waals surface area contributed by atoms with Crippen LogP contribution >= 0.6 is 0 Å². The number of fused-ring (bicyclic) bond motifs is 2. The second-order valence-electron chi connectivity index (χ2n) is 14.5. The van der Waals surface area contributed by atoms with Crippen molar-refractivity contribution in [3.05, 3.63) is 12.2 Å². The van der Waals surface area contributed by atoms with Gasteiger partial charge in [-0.2, -0.15) is 0 Å². The lowest BCUT2D eigenvalue weighted by Crippen LogP contribution is -2.57. The highest BCUT2D eigenvalue weighted by atomic mass is 17.1. The van der Waals surface area contributed by atoms with E-state index in [1.165, 1.54) is 51.4 Å². The zero-order chi connectivity index (χ0) is 24.0. The van der Waals surface area contributed by atoms with E-state index < -0.39 is 0 Å². The first-order valence-corrected chi connectivity index (χ1v) is 14.0. The molecule has 0 aliphatic heterocycles. The molecule has 3 nitrogen and oxygen atoms in total. The Labute approximate surface area is 202 Å². The van der Waals surface area contributed by atoms with Crippen LogP contribution in [0, 0.1) is 50.7 Å². The van der Waals surface area contributed by atoms with Crippen molar-refractivity contribution < 1.29 is 15.3 Å². The van der Waals surface area contributed by atoms with E-state index in [4.69, 9.17) is 4.89 Å². The predicted molar refractivity (Wildman–Crippen MR) is 134 cm³/mol. The topological polar surface area (TPSA) is 49.7 Å². The van der Waals surface area contributed by atoms with Crippen LogP contribution < -0.4 is 0 Å². The minimum atomic E-state index is -0.228. The lowest BCUT2D eigenvalue weighted by molar-refractivity contribution is -0.270. The van der Waals surface area contributed by atoms with Gasteiger partial charge in [0.25, 0.3) is 0 Å². The van der Waals surface area contributed by atoms with Gasteiger partial charge in [-0.25, -0.2) is 4.89 Å². The lowest BCUT2D eigenvalue weighted by Gasteiger charge is -2.63. The van der Waals surface area contributed by atoms with Crippen molar-refractivity contribution in [3.63, 3.8) is 0 Å². The van der Waals surface area contributed by atoms with Crippen molar-refractivity contribution >= 4 is 0 Å². The Bertz CT molecular complexity index is 804. The van der Waals surface area contributed by atoms with Crippen LogP contribution in [-0.4, -0.2) is 22.6 Å². The van der Waals surface area contributed by atoms with Crippen molar-refractivity contribution in [2.24, 2.45) is 50.7 Å². The summed E-state index contributed by atoms with van der Waals surface area (Å²) in [7, 11) is 0. The molecule has 5 saturated carbocycles. The van der Waals surface area contributed by atoms with Crippen LogP contribution in [0.1, 0.15) is 112 Å². The van der Waals surface area contributed by atoms with Gasteiger partial charge in [0, 0.05) is 0 Å². The molecule has 5 fully saturated rings. The first-order chi connectivity index (χ1) is 15.4. The molecule has 0 aromatic rings. The SMILES string of the molecule is C=C(C)[C@H](CC[C@H](C)[C@H]1CC[C@@]2(C)[C@@H]3CC[C@H]4C(C)(C)[C@@H](O)CC[C@@]45C[C@@]35CC[C@]12C)OO. The van der Waals surface area contributed by atoms with Crippen LogP contribution in [0.2, 0.25) is 0 Å². The molecule has 5 aliphatic rings. The highest BCUT2D eigenvalue weighted by molar-refractivity contribution is 5.30. The number of hydrogen-bond donors (Lipinski definition) is 2. The molecule has 10 atom stereocenters. The Kier molecular flexibility index (Phi) is 5.57. The van der Waals surface area contributed by atoms with Crippen molar-refractivity contribution in [1.82, 2.24) is 0 Å². The summed E-state index contributed by atoms with van der Waals surface area (Å²) in [5.74, 6) is 3.00. The summed E-state index contributed by atoms with van der Waals surface area (Å²) >= 11 is 0. The van der Waals surface area contributed by atoms with E-state index in [1.807, 2.05) is 6.92 Å². The Balaban J connectivity index is 1.37. The largest absolute Gasteiger partial charge is 0.393 e. The highest BCUT2D eigenvalue weighted by Gasteiger charge is 2.82. The third-order valence-electron chi connectivity index (χ3n) is 13.4. The van der Waals surface area contributed by atoms with E-state index in [2.05, 4.69) is 41.2 Å². The van der Waals surface area contributed by atoms with E-state index in [9.17, 15) is 10.4 Å². The van der Waals surface area contributed by atoms with Gasteiger partial charge < -0.3 is 5.11 Å². The Hall–Kier alpha value is -0.380. The highest BCUT2D eigenvalue weighted by Crippen LogP contribution is 2.89. The van der Waals surface area contributed by atoms with Crippen molar-refractivity contribution in [2.75, 3.05) is 0 Å². The molecule has 0 unspecified atom stereocenters. The third kappa shape index (κ3) is 2.97. The maximum Gasteiger partial charge on any atom is 0.113 e. The van der Waals surface area contributed by atoms with Gasteiger partial charge in [-0.15, -0.1) is 0 Å². The minimum absolute atomic E-state index is 0.0791. The van der Waals surface area contributed by atoms with Gasteiger partial charge in [0.15, 0.2) is 0 Å². The molecule has 0 amide bonds. The Morgan fingerprint density at radius 1 is 0.909 bits per heavy atom. The molecule has 5 aliphatic carbocycles. The number of hydrogen-bond acceptors (Lipinski definition) is 3. The fourth-order valence-electron chi connectivity index (χ4n) is 11.3. The second-order valence-corrected chi connectivity index (χ2v) is 14.5. The lowest BCUT2D eigenvalue weighted by atomic mass is 9.41. The van der Waals surface area contributed by atoms with Crippen LogP contribution in [0.3, 0.4) is 0 Å². The van der Waals surface area contributed by atoms with Gasteiger partial charge in [0.05, 0.1) is 6.10 Å². The van der Waals surface area contributed by atoms with Crippen LogP contribution in [-0.2, 0) is 4.89 Å². The molecular formula is C30H50O3. The molecule has 0 aromatic carbocycles. The molecule has 188 valence electrons. The summed E-state index contributed by atoms with van der Waals surface area (Å²) in [5.41, 5.74) is 2.95. The predicted octanol–water partition coefficient (Wildman–Crippen LogP) is 7.64. The van der Waals surface area contributed by atoms with Crippen molar-refractivity contribution in [2.45, 2.75) is 124 Å². The fraction of sp³-hybridized carbons (Fsp3) is 0.933. The average molecular weight is 459 g/mol. The first-order valence-electron chi connectivity index (χ1n) is 14.0. The van der Waals surface area contributed by atoms with E-state index in [-0.39, 0.29) is 17.6 Å². The minimum Gasteiger partial charge on any atom is -0.393 e. The molecule has 33 heavy (non-hydrogen) atoms. The summed E-state index contributed by atoms with van der Waals surface area (Å²) < 4.78 is 0. The smallest absolute Gasteiger partial charge is 0.113 e. The van der Waals surface area contributed by atoms with Crippen LogP contribution in [0.4, 0.5) is 0 Å². The Morgan fingerprint density at radius 2 is 1.58 bits per heavy atom. The summed E-state index contributed by atoms with van der Waals surface area (Å²) in [5, 5.41) is 20.1. The van der Waals surface area contributed by atoms with Crippen LogP contribution in [0.25, 0.3) is 0 Å². The third-order valence-corrected chi connectivity index (χ3v) is 13.4. The Morgan fingerprint density at radius 3 is 2.24 bits per heavy atom. The zero-order valence-electron chi connectivity index (χ0n) is 22.3. The summed E-state index contributed by atoms with van der Waals surface area (Å²) in [4.78, 5) is 4.72. The van der Waals surface area contributed by atoms with Gasteiger partial charge in [-0.05, 0) is 134 Å². The number of aliphatic hydroxyl groups is 1. The maximum atomic E-state index is 10.9. The molecule has 0 bridgehead atoms. The molecule has 5 rings (SSSR count). The van der Waals surface area contributed by atoms with E-state index in [0.29, 0.717) is 33.5 Å². The van der Waals surface area contributed by atoms with Gasteiger partial charge in [0.1, 0.15) is 6.10 Å². The van der Waals surface area contributed by atoms with Crippen LogP contribution in [0.5, 0.6) is 0 Å². The standard InChI is InChI=1S/C30H50O3/c1-19(2)22(33-32)9-8-20(3)21-12-14-28(7)24-11-10-23-26(4,5)25(31)13-15-29(23)18-30(24,29)17-16-27(21,28)6/h20-25,31-32H,1,8-18H2,2-7H3/t20-,21+,22-,23-,24-,25-,27+,28-,29+,30-/m0/s1. The fourth-order valence-corrected chi connectivity index (χ4v) is 11.3. The van der Waals surface area contributed by atoms with Crippen molar-refractivity contribution in [3.8, 4) is 0 Å². The average Bonchev–Trinajstić information content (AvgIpc) is 3.34. The number of aliphatic hydroxyl groups excluding tert-OH is 1. The van der Waals surface area contributed by atoms with E-state index >= 15 is 0 Å². The summed E-state index contributed by atoms with van der Waals surface area (Å²) in [6, 6.07) is 0. The monoisotopic (exact) mass is 458 g/mol. The summed E-state index contributed by atoms with van der Waals surface area (Å²) in [6.07, 6.45) is 13.6. The van der Waals surface area contributed by atoms with Gasteiger partial charge in [-0.3, -0.25) is 5.26 Å². The quantitative estimate of drug-likeness (QED) is 0.244. The van der Waals surface area contributed by atoms with Crippen LogP contribution in [0.15, 0.2) is 12.2 Å². The molecule has 0 saturated heterocycles. The molecule has 0 radical (unpaired) electrons. The first kappa shape index (κ1) is 24.3. The molecule has 3 heteroatoms. The second kappa shape index (κ2) is 7.56. The molecule has 0 heterocycles. The normalized spacial score (nSPS) is 51.5. The van der Waals surface area contributed by atoms with E-state index in [1.54, 1.807) is 0 Å². The van der Waals surface area contributed by atoms with Gasteiger partial charge >= 0.3 is 0 Å². The van der Waals surface area contributed by atoms with Gasteiger partial charge in [0.2, 0.25) is 0 Å². The summed E-state index contributed by atoms with van der Waals surface area (Å²) in [6.45, 7) is 18.5. The van der Waals surface area contributed by atoms with Crippen molar-refractivity contribution in [1.29, 1.82) is 0 Å². The molecular weight excluding hydrogens is 408 g/mol.